The maximum Gasteiger partial charge on any atom is 1.00 e. The van der Waals surface area contributed by atoms with Crippen LogP contribution in [0.5, 0.6) is 0 Å². The van der Waals surface area contributed by atoms with Crippen molar-refractivity contribution in [3.63, 3.8) is 0 Å². The van der Waals surface area contributed by atoms with Gasteiger partial charge in [0, 0.05) is 16.9 Å². The van der Waals surface area contributed by atoms with Crippen LogP contribution < -0.4 is 61.9 Å². The van der Waals surface area contributed by atoms with E-state index in [0.717, 1.165) is 18.4 Å². The van der Waals surface area contributed by atoms with Gasteiger partial charge in [-0.2, -0.15) is 0 Å². The molecular weight excluding hydrogens is 467 g/mol. The molecule has 2 aromatic rings. The van der Waals surface area contributed by atoms with Gasteiger partial charge < -0.3 is 10.5 Å². The van der Waals surface area contributed by atoms with E-state index in [1.807, 2.05) is 60.7 Å². The van der Waals surface area contributed by atoms with Crippen molar-refractivity contribution in [2.45, 2.75) is 38.5 Å². The number of carbonyl (C=O) groups is 1. The van der Waals surface area contributed by atoms with Crippen molar-refractivity contribution in [1.29, 1.82) is 0 Å². The SMILES string of the molecule is C[Si](C)(C)[O-].NC1CC1/C=C/c1ccccc1.[K+].[N-]=[N+]=NC(=O)C1CC1/C=C/c1ccccc1. The van der Waals surface area contributed by atoms with Crippen LogP contribution in [0, 0.1) is 17.8 Å². The van der Waals surface area contributed by atoms with Gasteiger partial charge in [0.1, 0.15) is 0 Å². The first-order chi connectivity index (χ1) is 15.7. The van der Waals surface area contributed by atoms with Crippen LogP contribution >= 0.6 is 0 Å². The van der Waals surface area contributed by atoms with Gasteiger partial charge in [0.2, 0.25) is 5.91 Å². The zero-order valence-corrected chi connectivity index (χ0v) is 24.7. The number of azide groups is 1. The quantitative estimate of drug-likeness (QED) is 0.294. The minimum atomic E-state index is -1.86. The van der Waals surface area contributed by atoms with Crippen molar-refractivity contribution in [1.82, 2.24) is 0 Å². The third-order valence-corrected chi connectivity index (χ3v) is 4.86. The first-order valence-corrected chi connectivity index (χ1v) is 14.6. The zero-order chi connectivity index (χ0) is 24.3. The van der Waals surface area contributed by atoms with Gasteiger partial charge in [-0.1, -0.05) is 113 Å². The van der Waals surface area contributed by atoms with E-state index >= 15 is 0 Å². The number of allylic oxidation sites excluding steroid dienone is 1. The van der Waals surface area contributed by atoms with Crippen LogP contribution in [0.4, 0.5) is 0 Å². The normalized spacial score (nSPS) is 22.3. The molecule has 6 nitrogen and oxygen atoms in total. The first-order valence-electron chi connectivity index (χ1n) is 11.2. The number of nitrogens with zero attached hydrogens (tertiary/aromatic N) is 3. The molecule has 4 unspecified atom stereocenters. The van der Waals surface area contributed by atoms with Crippen molar-refractivity contribution in [3.05, 3.63) is 94.4 Å². The van der Waals surface area contributed by atoms with Crippen LogP contribution in [-0.2, 0) is 4.79 Å². The Morgan fingerprint density at radius 3 is 1.76 bits per heavy atom. The minimum absolute atomic E-state index is 0. The summed E-state index contributed by atoms with van der Waals surface area (Å²) >= 11 is 0. The molecule has 0 heterocycles. The topological polar surface area (TPSA) is 115 Å². The predicted octanol–water partition coefficient (Wildman–Crippen LogP) is 2.41. The number of benzene rings is 2. The summed E-state index contributed by atoms with van der Waals surface area (Å²) in [5.74, 6) is 0.421. The van der Waals surface area contributed by atoms with E-state index in [9.17, 15) is 9.59 Å². The maximum absolute atomic E-state index is 11.2. The van der Waals surface area contributed by atoms with Gasteiger partial charge in [0.15, 0.2) is 0 Å². The summed E-state index contributed by atoms with van der Waals surface area (Å²) in [5, 5.41) is 3.10. The fourth-order valence-electron chi connectivity index (χ4n) is 2.88. The summed E-state index contributed by atoms with van der Waals surface area (Å²) in [4.78, 5) is 23.9. The molecule has 4 rings (SSSR count). The molecule has 2 aliphatic rings. The number of hydrogen-bond donors (Lipinski definition) is 1. The Morgan fingerprint density at radius 1 is 0.971 bits per heavy atom. The second-order valence-electron chi connectivity index (χ2n) is 9.25. The van der Waals surface area contributed by atoms with Crippen LogP contribution in [0.15, 0.2) is 77.9 Å². The molecule has 2 aliphatic carbocycles. The van der Waals surface area contributed by atoms with Crippen LogP contribution in [0.1, 0.15) is 24.0 Å². The van der Waals surface area contributed by atoms with Crippen molar-refractivity contribution in [3.8, 4) is 0 Å². The third kappa shape index (κ3) is 14.2. The van der Waals surface area contributed by atoms with Gasteiger partial charge >= 0.3 is 51.4 Å². The van der Waals surface area contributed by atoms with Gasteiger partial charge in [-0.05, 0) is 46.4 Å². The molecule has 2 saturated carbocycles. The van der Waals surface area contributed by atoms with Crippen molar-refractivity contribution >= 4 is 26.4 Å². The third-order valence-electron chi connectivity index (χ3n) is 4.86. The fraction of sp³-hybridized carbons (Fsp3) is 0.346. The summed E-state index contributed by atoms with van der Waals surface area (Å²) < 4.78 is 0. The summed E-state index contributed by atoms with van der Waals surface area (Å²) in [7, 11) is -1.86. The molecule has 2 N–H and O–H groups in total. The average Bonchev–Trinajstić information content (AvgIpc) is 3.69. The number of carbonyl (C=O) groups excluding carboxylic acids is 1. The van der Waals surface area contributed by atoms with E-state index in [0.29, 0.717) is 12.0 Å². The van der Waals surface area contributed by atoms with Gasteiger partial charge in [0.05, 0.1) is 0 Å². The molecular formula is C26H33KN4O2Si. The van der Waals surface area contributed by atoms with Gasteiger partial charge in [0.25, 0.3) is 0 Å². The molecule has 0 radical (unpaired) electrons. The van der Waals surface area contributed by atoms with Crippen LogP contribution in [0.3, 0.4) is 0 Å². The predicted molar refractivity (Wildman–Crippen MR) is 136 cm³/mol. The summed E-state index contributed by atoms with van der Waals surface area (Å²) in [5.41, 5.74) is 16.2. The fourth-order valence-corrected chi connectivity index (χ4v) is 2.88. The Morgan fingerprint density at radius 2 is 1.38 bits per heavy atom. The minimum Gasteiger partial charge on any atom is -0.859 e. The van der Waals surface area contributed by atoms with E-state index in [1.165, 1.54) is 5.56 Å². The monoisotopic (exact) mass is 500 g/mol. The smallest absolute Gasteiger partial charge is 0.859 e. The summed E-state index contributed by atoms with van der Waals surface area (Å²) in [6.07, 6.45) is 10.3. The molecule has 8 heteroatoms. The zero-order valence-electron chi connectivity index (χ0n) is 20.5. The Labute approximate surface area is 246 Å². The van der Waals surface area contributed by atoms with Crippen LogP contribution in [-0.4, -0.2) is 20.3 Å². The van der Waals surface area contributed by atoms with Crippen molar-refractivity contribution in [2.75, 3.05) is 0 Å². The number of hydrogen-bond acceptors (Lipinski definition) is 3. The summed E-state index contributed by atoms with van der Waals surface area (Å²) in [6.45, 7) is 5.31. The Kier molecular flexibility index (Phi) is 14.1. The Hall–Kier alpha value is -1.33. The number of rotatable bonds is 5. The Bertz CT molecular complexity index is 981. The molecule has 174 valence electrons. The molecule has 0 saturated heterocycles. The number of amides is 1. The maximum atomic E-state index is 11.2. The molecule has 0 aliphatic heterocycles. The van der Waals surface area contributed by atoms with Crippen LogP contribution in [0.25, 0.3) is 22.6 Å². The molecule has 0 bridgehead atoms. The standard InChI is InChI=1S/C12H11N3O.C11H13N.C3H9OSi.K/c13-15-14-12(16)11-8-10(11)7-6-9-4-2-1-3-5-9;12-11-8-10(11)7-6-9-4-2-1-3-5-9;1-5(2,3)4;/h1-7,10-11H,8H2;1-7,10-11H,8,12H2;1-3H3;/q;;-1;+1/b2*7-6+;;. The molecule has 34 heavy (non-hydrogen) atoms. The Balaban J connectivity index is 0.000000284. The molecule has 2 fully saturated rings. The van der Waals surface area contributed by atoms with Crippen molar-refractivity contribution in [2.24, 2.45) is 28.6 Å². The molecule has 0 spiro atoms. The van der Waals surface area contributed by atoms with E-state index < -0.39 is 8.32 Å². The molecule has 4 atom stereocenters. The van der Waals surface area contributed by atoms with E-state index in [2.05, 4.69) is 34.3 Å². The molecule has 2 aromatic carbocycles. The summed E-state index contributed by atoms with van der Waals surface area (Å²) in [6, 6.07) is 20.7. The van der Waals surface area contributed by atoms with Crippen LogP contribution in [0.2, 0.25) is 19.6 Å². The van der Waals surface area contributed by atoms with E-state index in [-0.39, 0.29) is 69.1 Å². The van der Waals surface area contributed by atoms with Gasteiger partial charge in [-0.25, -0.2) is 0 Å². The largest absolute Gasteiger partial charge is 1.00 e. The van der Waals surface area contributed by atoms with Gasteiger partial charge in [-0.3, -0.25) is 4.79 Å². The molecule has 0 aromatic heterocycles. The van der Waals surface area contributed by atoms with E-state index in [4.69, 9.17) is 11.3 Å². The first kappa shape index (κ1) is 30.7. The van der Waals surface area contributed by atoms with Gasteiger partial charge in [-0.15, -0.1) is 0 Å². The average molecular weight is 501 g/mol. The van der Waals surface area contributed by atoms with Crippen molar-refractivity contribution < 1.29 is 61.0 Å². The van der Waals surface area contributed by atoms with E-state index in [1.54, 1.807) is 19.6 Å². The second kappa shape index (κ2) is 15.6. The second-order valence-corrected chi connectivity index (χ2v) is 13.5. The molecule has 1 amide bonds. The number of nitrogens with two attached hydrogens (primary N) is 1.